The Labute approximate surface area is 91.9 Å². The van der Waals surface area contributed by atoms with Gasteiger partial charge in [0.2, 0.25) is 0 Å². The summed E-state index contributed by atoms with van der Waals surface area (Å²) >= 11 is 5.78. The van der Waals surface area contributed by atoms with Gasteiger partial charge in [-0.3, -0.25) is 4.98 Å². The van der Waals surface area contributed by atoms with Crippen LogP contribution in [-0.2, 0) is 0 Å². The highest BCUT2D eigenvalue weighted by atomic mass is 35.5. The molecule has 2 aromatic rings. The fourth-order valence-electron chi connectivity index (χ4n) is 1.26. The van der Waals surface area contributed by atoms with Crippen LogP contribution in [0, 0.1) is 0 Å². The van der Waals surface area contributed by atoms with Crippen LogP contribution in [0.5, 0.6) is 0 Å². The van der Waals surface area contributed by atoms with Gasteiger partial charge in [-0.2, -0.15) is 5.10 Å². The normalized spacial score (nSPS) is 12.7. The zero-order valence-electron chi connectivity index (χ0n) is 8.13. The maximum absolute atomic E-state index is 5.78. The summed E-state index contributed by atoms with van der Waals surface area (Å²) in [5.74, 6) is 0.611. The Morgan fingerprint density at radius 1 is 1.40 bits per heavy atom. The Hall–Kier alpha value is -1.46. The van der Waals surface area contributed by atoms with Crippen LogP contribution in [0.1, 0.15) is 18.7 Å². The standard InChI is InChI=1S/C9H10ClN5/c1-6(11)8-9(13-3-2-12-8)15-5-7(10)4-14-15/h2-6H,11H2,1H3. The van der Waals surface area contributed by atoms with Crippen molar-refractivity contribution in [2.45, 2.75) is 13.0 Å². The first-order chi connectivity index (χ1) is 7.18. The average molecular weight is 224 g/mol. The van der Waals surface area contributed by atoms with E-state index >= 15 is 0 Å². The minimum Gasteiger partial charge on any atom is -0.323 e. The lowest BCUT2D eigenvalue weighted by molar-refractivity contribution is 0.729. The van der Waals surface area contributed by atoms with E-state index in [0.29, 0.717) is 16.5 Å². The number of rotatable bonds is 2. The lowest BCUT2D eigenvalue weighted by atomic mass is 10.2. The first-order valence-corrected chi connectivity index (χ1v) is 4.83. The Morgan fingerprint density at radius 2 is 2.13 bits per heavy atom. The summed E-state index contributed by atoms with van der Waals surface area (Å²) < 4.78 is 1.56. The van der Waals surface area contributed by atoms with E-state index in [4.69, 9.17) is 17.3 Å². The molecule has 1 unspecified atom stereocenters. The van der Waals surface area contributed by atoms with E-state index in [2.05, 4.69) is 15.1 Å². The molecule has 2 N–H and O–H groups in total. The summed E-state index contributed by atoms with van der Waals surface area (Å²) in [7, 11) is 0. The second kappa shape index (κ2) is 3.96. The Morgan fingerprint density at radius 3 is 2.73 bits per heavy atom. The zero-order chi connectivity index (χ0) is 10.8. The molecule has 0 saturated heterocycles. The van der Waals surface area contributed by atoms with E-state index in [1.54, 1.807) is 29.5 Å². The molecule has 2 heterocycles. The first kappa shape index (κ1) is 10.1. The molecule has 6 heteroatoms. The number of nitrogens with zero attached hydrogens (tertiary/aromatic N) is 4. The highest BCUT2D eigenvalue weighted by Crippen LogP contribution is 2.16. The van der Waals surface area contributed by atoms with Gasteiger partial charge in [-0.25, -0.2) is 9.67 Å². The van der Waals surface area contributed by atoms with Crippen LogP contribution in [0.2, 0.25) is 5.02 Å². The van der Waals surface area contributed by atoms with E-state index in [1.165, 1.54) is 0 Å². The smallest absolute Gasteiger partial charge is 0.176 e. The zero-order valence-corrected chi connectivity index (χ0v) is 8.89. The highest BCUT2D eigenvalue weighted by Gasteiger charge is 2.11. The molecule has 2 aromatic heterocycles. The summed E-state index contributed by atoms with van der Waals surface area (Å²) in [6.45, 7) is 1.85. The molecule has 0 aliphatic carbocycles. The summed E-state index contributed by atoms with van der Waals surface area (Å²) in [4.78, 5) is 8.36. The van der Waals surface area contributed by atoms with E-state index in [-0.39, 0.29) is 6.04 Å². The third kappa shape index (κ3) is 1.98. The summed E-state index contributed by atoms with van der Waals surface area (Å²) in [5, 5.41) is 4.61. The maximum atomic E-state index is 5.78. The third-order valence-electron chi connectivity index (χ3n) is 1.91. The fourth-order valence-corrected chi connectivity index (χ4v) is 1.39. The van der Waals surface area contributed by atoms with Crippen molar-refractivity contribution in [2.24, 2.45) is 5.73 Å². The second-order valence-corrected chi connectivity index (χ2v) is 3.59. The quantitative estimate of drug-likeness (QED) is 0.834. The van der Waals surface area contributed by atoms with Crippen molar-refractivity contribution in [1.29, 1.82) is 0 Å². The monoisotopic (exact) mass is 223 g/mol. The molecule has 15 heavy (non-hydrogen) atoms. The predicted molar refractivity (Wildman–Crippen MR) is 56.8 cm³/mol. The van der Waals surface area contributed by atoms with Crippen LogP contribution in [0.4, 0.5) is 0 Å². The van der Waals surface area contributed by atoms with Gasteiger partial charge in [-0.05, 0) is 6.92 Å². The van der Waals surface area contributed by atoms with Crippen molar-refractivity contribution in [3.63, 3.8) is 0 Å². The third-order valence-corrected chi connectivity index (χ3v) is 2.10. The summed E-state index contributed by atoms with van der Waals surface area (Å²) in [6, 6.07) is -0.198. The van der Waals surface area contributed by atoms with Crippen molar-refractivity contribution in [3.05, 3.63) is 35.5 Å². The van der Waals surface area contributed by atoms with E-state index in [0.717, 1.165) is 0 Å². The summed E-state index contributed by atoms with van der Waals surface area (Å²) in [5.41, 5.74) is 6.47. The lowest BCUT2D eigenvalue weighted by Crippen LogP contribution is -2.13. The molecular formula is C9H10ClN5. The molecule has 0 bridgehead atoms. The predicted octanol–water partition coefficient (Wildman–Crippen LogP) is 1.34. The van der Waals surface area contributed by atoms with Gasteiger partial charge in [-0.15, -0.1) is 0 Å². The Kier molecular flexibility index (Phi) is 2.66. The summed E-state index contributed by atoms with van der Waals surface area (Å²) in [6.07, 6.45) is 6.41. The molecule has 0 radical (unpaired) electrons. The van der Waals surface area contributed by atoms with Crippen molar-refractivity contribution in [2.75, 3.05) is 0 Å². The van der Waals surface area contributed by atoms with Crippen LogP contribution in [-0.4, -0.2) is 19.7 Å². The van der Waals surface area contributed by atoms with Crippen molar-refractivity contribution in [3.8, 4) is 5.82 Å². The molecule has 0 aliphatic rings. The molecule has 1 atom stereocenters. The minimum atomic E-state index is -0.198. The van der Waals surface area contributed by atoms with Gasteiger partial charge >= 0.3 is 0 Å². The van der Waals surface area contributed by atoms with E-state index in [1.807, 2.05) is 6.92 Å². The topological polar surface area (TPSA) is 69.6 Å². The Balaban J connectivity index is 2.52. The molecule has 0 aromatic carbocycles. The van der Waals surface area contributed by atoms with Gasteiger partial charge in [0.25, 0.3) is 0 Å². The van der Waals surface area contributed by atoms with Gasteiger partial charge in [0.1, 0.15) is 5.69 Å². The molecule has 5 nitrogen and oxygen atoms in total. The molecule has 0 fully saturated rings. The van der Waals surface area contributed by atoms with E-state index < -0.39 is 0 Å². The van der Waals surface area contributed by atoms with Crippen LogP contribution >= 0.6 is 11.6 Å². The molecule has 2 rings (SSSR count). The number of halogens is 1. The van der Waals surface area contributed by atoms with Crippen LogP contribution in [0.25, 0.3) is 5.82 Å². The second-order valence-electron chi connectivity index (χ2n) is 3.16. The van der Waals surface area contributed by atoms with Crippen LogP contribution < -0.4 is 5.73 Å². The SMILES string of the molecule is CC(N)c1nccnc1-n1cc(Cl)cn1. The van der Waals surface area contributed by atoms with Crippen LogP contribution in [0.15, 0.2) is 24.8 Å². The molecular weight excluding hydrogens is 214 g/mol. The molecule has 0 aliphatic heterocycles. The number of hydrogen-bond donors (Lipinski definition) is 1. The lowest BCUT2D eigenvalue weighted by Gasteiger charge is -2.09. The molecule has 0 saturated carbocycles. The minimum absolute atomic E-state index is 0.198. The van der Waals surface area contributed by atoms with Crippen LogP contribution in [0.3, 0.4) is 0 Å². The van der Waals surface area contributed by atoms with Crippen molar-refractivity contribution in [1.82, 2.24) is 19.7 Å². The van der Waals surface area contributed by atoms with Gasteiger partial charge in [-0.1, -0.05) is 11.6 Å². The maximum Gasteiger partial charge on any atom is 0.176 e. The molecule has 78 valence electrons. The number of hydrogen-bond acceptors (Lipinski definition) is 4. The first-order valence-electron chi connectivity index (χ1n) is 4.45. The number of nitrogens with two attached hydrogens (primary N) is 1. The van der Waals surface area contributed by atoms with Gasteiger partial charge in [0.15, 0.2) is 5.82 Å². The van der Waals surface area contributed by atoms with Gasteiger partial charge in [0, 0.05) is 18.4 Å². The van der Waals surface area contributed by atoms with Gasteiger partial charge < -0.3 is 5.73 Å². The van der Waals surface area contributed by atoms with Gasteiger partial charge in [0.05, 0.1) is 17.4 Å². The molecule has 0 amide bonds. The molecule has 0 spiro atoms. The number of aromatic nitrogens is 4. The van der Waals surface area contributed by atoms with Crippen molar-refractivity contribution < 1.29 is 0 Å². The fraction of sp³-hybridized carbons (Fsp3) is 0.222. The van der Waals surface area contributed by atoms with Crippen molar-refractivity contribution >= 4 is 11.6 Å². The Bertz CT molecular complexity index is 465. The highest BCUT2D eigenvalue weighted by molar-refractivity contribution is 6.30. The largest absolute Gasteiger partial charge is 0.323 e. The van der Waals surface area contributed by atoms with E-state index in [9.17, 15) is 0 Å². The average Bonchev–Trinajstić information content (AvgIpc) is 2.65.